The number of rotatable bonds is 6. The van der Waals surface area contributed by atoms with Crippen molar-refractivity contribution in [3.8, 4) is 5.75 Å². The van der Waals surface area contributed by atoms with Crippen molar-refractivity contribution in [2.24, 2.45) is 5.41 Å². The first-order chi connectivity index (χ1) is 7.94. The summed E-state index contributed by atoms with van der Waals surface area (Å²) in [7, 11) is 0. The molecule has 1 aromatic rings. The number of nitrogens with one attached hydrogen (secondary N) is 1. The van der Waals surface area contributed by atoms with E-state index >= 15 is 0 Å². The molecule has 2 nitrogen and oxygen atoms in total. The van der Waals surface area contributed by atoms with Gasteiger partial charge in [0.05, 0.1) is 11.6 Å². The smallest absolute Gasteiger partial charge is 0.139 e. The average molecular weight is 321 g/mol. The van der Waals surface area contributed by atoms with Gasteiger partial charge < -0.3 is 10.1 Å². The van der Waals surface area contributed by atoms with E-state index in [-0.39, 0.29) is 5.41 Å². The van der Waals surface area contributed by atoms with Crippen molar-refractivity contribution >= 4 is 27.5 Å². The van der Waals surface area contributed by atoms with Crippen molar-refractivity contribution in [2.75, 3.05) is 19.7 Å². The summed E-state index contributed by atoms with van der Waals surface area (Å²) in [6.45, 7) is 8.97. The first-order valence-corrected chi connectivity index (χ1v) is 6.90. The lowest BCUT2D eigenvalue weighted by Gasteiger charge is -2.25. The van der Waals surface area contributed by atoms with Crippen LogP contribution in [0.15, 0.2) is 22.7 Å². The molecular formula is C13H19BrClNO. The highest BCUT2D eigenvalue weighted by Crippen LogP contribution is 2.29. The maximum Gasteiger partial charge on any atom is 0.139 e. The summed E-state index contributed by atoms with van der Waals surface area (Å²) in [6, 6.07) is 5.63. The molecular weight excluding hydrogens is 302 g/mol. The minimum atomic E-state index is 0.0850. The lowest BCUT2D eigenvalue weighted by molar-refractivity contribution is 0.177. The van der Waals surface area contributed by atoms with E-state index in [1.165, 1.54) is 0 Å². The van der Waals surface area contributed by atoms with Crippen LogP contribution in [0.4, 0.5) is 0 Å². The summed E-state index contributed by atoms with van der Waals surface area (Å²) in [5.74, 6) is 0.727. The third-order valence-electron chi connectivity index (χ3n) is 2.37. The zero-order valence-electron chi connectivity index (χ0n) is 10.5. The van der Waals surface area contributed by atoms with E-state index in [9.17, 15) is 0 Å². The van der Waals surface area contributed by atoms with Crippen LogP contribution in [0.5, 0.6) is 5.75 Å². The first-order valence-electron chi connectivity index (χ1n) is 5.73. The fourth-order valence-corrected chi connectivity index (χ4v) is 1.89. The molecule has 0 saturated heterocycles. The van der Waals surface area contributed by atoms with Crippen LogP contribution in [0.25, 0.3) is 0 Å². The Morgan fingerprint density at radius 1 is 1.41 bits per heavy atom. The Kier molecular flexibility index (Phi) is 5.77. The van der Waals surface area contributed by atoms with E-state index in [4.69, 9.17) is 16.3 Å². The minimum Gasteiger partial charge on any atom is -0.491 e. The lowest BCUT2D eigenvalue weighted by atomic mass is 9.95. The molecule has 0 bridgehead atoms. The van der Waals surface area contributed by atoms with E-state index in [1.807, 2.05) is 18.2 Å². The van der Waals surface area contributed by atoms with Gasteiger partial charge in [-0.2, -0.15) is 0 Å². The van der Waals surface area contributed by atoms with Crippen LogP contribution in [0, 0.1) is 5.41 Å². The van der Waals surface area contributed by atoms with Crippen molar-refractivity contribution < 1.29 is 4.74 Å². The normalized spacial score (nSPS) is 11.6. The van der Waals surface area contributed by atoms with E-state index in [0.717, 1.165) is 23.3 Å². The zero-order chi connectivity index (χ0) is 12.9. The Labute approximate surface area is 117 Å². The third kappa shape index (κ3) is 5.28. The Balaban J connectivity index is 2.57. The number of hydrogen-bond donors (Lipinski definition) is 1. The van der Waals surface area contributed by atoms with Crippen molar-refractivity contribution in [1.29, 1.82) is 0 Å². The largest absolute Gasteiger partial charge is 0.491 e. The number of halogens is 2. The first kappa shape index (κ1) is 14.8. The van der Waals surface area contributed by atoms with Gasteiger partial charge in [-0.3, -0.25) is 0 Å². The molecule has 0 atom stereocenters. The van der Waals surface area contributed by atoms with Gasteiger partial charge in [-0.1, -0.05) is 48.3 Å². The molecule has 0 amide bonds. The summed E-state index contributed by atoms with van der Waals surface area (Å²) < 4.78 is 6.75. The van der Waals surface area contributed by atoms with Gasteiger partial charge >= 0.3 is 0 Å². The molecule has 0 radical (unpaired) electrons. The van der Waals surface area contributed by atoms with Crippen LogP contribution in [0.2, 0.25) is 5.02 Å². The quantitative estimate of drug-likeness (QED) is 0.851. The van der Waals surface area contributed by atoms with E-state index < -0.39 is 0 Å². The molecule has 0 fully saturated rings. The Morgan fingerprint density at radius 3 is 2.76 bits per heavy atom. The van der Waals surface area contributed by atoms with E-state index in [0.29, 0.717) is 11.6 Å². The monoisotopic (exact) mass is 319 g/mol. The molecule has 0 unspecified atom stereocenters. The minimum absolute atomic E-state index is 0.0850. The fourth-order valence-electron chi connectivity index (χ4n) is 1.38. The van der Waals surface area contributed by atoms with Crippen LogP contribution < -0.4 is 10.1 Å². The van der Waals surface area contributed by atoms with Gasteiger partial charge in [-0.05, 0) is 24.7 Å². The molecule has 4 heteroatoms. The van der Waals surface area contributed by atoms with Gasteiger partial charge in [0.25, 0.3) is 0 Å². The van der Waals surface area contributed by atoms with Gasteiger partial charge in [0, 0.05) is 16.4 Å². The topological polar surface area (TPSA) is 21.3 Å². The summed E-state index contributed by atoms with van der Waals surface area (Å²) in [6.07, 6.45) is 0. The molecule has 0 aromatic heterocycles. The predicted molar refractivity (Wildman–Crippen MR) is 77.0 cm³/mol. The van der Waals surface area contributed by atoms with Crippen LogP contribution in [0.1, 0.15) is 20.8 Å². The third-order valence-corrected chi connectivity index (χ3v) is 3.17. The van der Waals surface area contributed by atoms with Crippen LogP contribution >= 0.6 is 27.5 Å². The molecule has 0 aliphatic carbocycles. The SMILES string of the molecule is CCNCC(C)(C)COc1cc(Br)ccc1Cl. The molecule has 0 spiro atoms. The molecule has 1 aromatic carbocycles. The van der Waals surface area contributed by atoms with Crippen LogP contribution in [-0.4, -0.2) is 19.7 Å². The van der Waals surface area contributed by atoms with E-state index in [2.05, 4.69) is 42.0 Å². The van der Waals surface area contributed by atoms with Crippen molar-refractivity contribution in [1.82, 2.24) is 5.32 Å². The summed E-state index contributed by atoms with van der Waals surface area (Å²) in [5, 5.41) is 3.97. The summed E-state index contributed by atoms with van der Waals surface area (Å²) in [4.78, 5) is 0. The standard InChI is InChI=1S/C13H19BrClNO/c1-4-16-8-13(2,3)9-17-12-7-10(14)5-6-11(12)15/h5-7,16H,4,8-9H2,1-3H3. The van der Waals surface area contributed by atoms with Crippen molar-refractivity contribution in [3.05, 3.63) is 27.7 Å². The highest BCUT2D eigenvalue weighted by molar-refractivity contribution is 9.10. The Bertz CT molecular complexity index is 368. The number of ether oxygens (including phenoxy) is 1. The summed E-state index contributed by atoms with van der Waals surface area (Å²) in [5.41, 5.74) is 0.0850. The zero-order valence-corrected chi connectivity index (χ0v) is 12.9. The van der Waals surface area contributed by atoms with Gasteiger partial charge in [-0.15, -0.1) is 0 Å². The van der Waals surface area contributed by atoms with Gasteiger partial charge in [0.15, 0.2) is 0 Å². The molecule has 1 rings (SSSR count). The molecule has 1 N–H and O–H groups in total. The van der Waals surface area contributed by atoms with Crippen molar-refractivity contribution in [2.45, 2.75) is 20.8 Å². The van der Waals surface area contributed by atoms with E-state index in [1.54, 1.807) is 0 Å². The predicted octanol–water partition coefficient (Wildman–Crippen LogP) is 4.12. The fraction of sp³-hybridized carbons (Fsp3) is 0.538. The number of benzene rings is 1. The molecule has 0 saturated carbocycles. The molecule has 0 aliphatic heterocycles. The summed E-state index contributed by atoms with van der Waals surface area (Å²) >= 11 is 9.48. The maximum atomic E-state index is 6.07. The second kappa shape index (κ2) is 6.62. The lowest BCUT2D eigenvalue weighted by Crippen LogP contribution is -2.34. The molecule has 0 heterocycles. The molecule has 0 aliphatic rings. The van der Waals surface area contributed by atoms with Gasteiger partial charge in [0.2, 0.25) is 0 Å². The highest BCUT2D eigenvalue weighted by atomic mass is 79.9. The van der Waals surface area contributed by atoms with Crippen LogP contribution in [0.3, 0.4) is 0 Å². The van der Waals surface area contributed by atoms with Gasteiger partial charge in [-0.25, -0.2) is 0 Å². The second-order valence-corrected chi connectivity index (χ2v) is 6.13. The van der Waals surface area contributed by atoms with Gasteiger partial charge in [0.1, 0.15) is 5.75 Å². The van der Waals surface area contributed by atoms with Crippen molar-refractivity contribution in [3.63, 3.8) is 0 Å². The Hall–Kier alpha value is -0.250. The number of hydrogen-bond acceptors (Lipinski definition) is 2. The van der Waals surface area contributed by atoms with Crippen LogP contribution in [-0.2, 0) is 0 Å². The molecule has 96 valence electrons. The Morgan fingerprint density at radius 2 is 2.12 bits per heavy atom. The average Bonchev–Trinajstić information content (AvgIpc) is 2.28. The highest BCUT2D eigenvalue weighted by Gasteiger charge is 2.18. The molecule has 17 heavy (non-hydrogen) atoms. The second-order valence-electron chi connectivity index (χ2n) is 4.81. The maximum absolute atomic E-state index is 6.07.